The Labute approximate surface area is 214 Å². The molecule has 37 heavy (non-hydrogen) atoms. The number of aromatic nitrogens is 5. The predicted molar refractivity (Wildman–Crippen MR) is 144 cm³/mol. The van der Waals surface area contributed by atoms with E-state index in [0.29, 0.717) is 22.5 Å². The maximum atomic E-state index is 13.3. The van der Waals surface area contributed by atoms with E-state index in [0.717, 1.165) is 40.0 Å². The van der Waals surface area contributed by atoms with E-state index in [-0.39, 0.29) is 11.7 Å². The van der Waals surface area contributed by atoms with Crippen molar-refractivity contribution in [1.82, 2.24) is 25.0 Å². The molecule has 3 heterocycles. The third kappa shape index (κ3) is 4.95. The summed E-state index contributed by atoms with van der Waals surface area (Å²) < 4.78 is 1.57. The van der Waals surface area contributed by atoms with Crippen LogP contribution in [0.15, 0.2) is 66.9 Å². The van der Waals surface area contributed by atoms with Gasteiger partial charge in [-0.1, -0.05) is 31.2 Å². The van der Waals surface area contributed by atoms with Gasteiger partial charge >= 0.3 is 0 Å². The number of ketones is 1. The zero-order chi connectivity index (χ0) is 25.9. The summed E-state index contributed by atoms with van der Waals surface area (Å²) in [6.07, 6.45) is 6.27. The number of fused-ring (bicyclic) bond motifs is 1. The van der Waals surface area contributed by atoms with E-state index in [9.17, 15) is 9.59 Å². The molecule has 0 bridgehead atoms. The Morgan fingerprint density at radius 1 is 1.03 bits per heavy atom. The smallest absolute Gasteiger partial charge is 0.273 e. The second kappa shape index (κ2) is 10.0. The van der Waals surface area contributed by atoms with Gasteiger partial charge in [0.25, 0.3) is 5.91 Å². The van der Waals surface area contributed by atoms with Gasteiger partial charge in [0, 0.05) is 35.4 Å². The second-order valence-electron chi connectivity index (χ2n) is 8.77. The first-order valence-electron chi connectivity index (χ1n) is 12.0. The van der Waals surface area contributed by atoms with Crippen LogP contribution in [0.4, 0.5) is 5.69 Å². The van der Waals surface area contributed by atoms with Gasteiger partial charge in [-0.2, -0.15) is 10.2 Å². The van der Waals surface area contributed by atoms with Crippen molar-refractivity contribution in [2.24, 2.45) is 7.05 Å². The molecular formula is C29H26N6O2. The van der Waals surface area contributed by atoms with Crippen molar-refractivity contribution in [2.75, 3.05) is 5.32 Å². The summed E-state index contributed by atoms with van der Waals surface area (Å²) in [5, 5.41) is 15.6. The fourth-order valence-electron chi connectivity index (χ4n) is 4.11. The van der Waals surface area contributed by atoms with E-state index in [4.69, 9.17) is 0 Å². The van der Waals surface area contributed by atoms with Gasteiger partial charge < -0.3 is 5.32 Å². The minimum Gasteiger partial charge on any atom is -0.320 e. The fourth-order valence-corrected chi connectivity index (χ4v) is 4.11. The molecule has 5 aromatic rings. The molecule has 8 heteroatoms. The van der Waals surface area contributed by atoms with Crippen molar-refractivity contribution in [3.63, 3.8) is 0 Å². The highest BCUT2D eigenvalue weighted by Crippen LogP contribution is 2.24. The molecule has 2 aromatic carbocycles. The molecule has 0 spiro atoms. The summed E-state index contributed by atoms with van der Waals surface area (Å²) in [6.45, 7) is 3.88. The maximum absolute atomic E-state index is 13.3. The number of hydrogen-bond donors (Lipinski definition) is 2. The van der Waals surface area contributed by atoms with Gasteiger partial charge in [0.2, 0.25) is 0 Å². The number of rotatable bonds is 7. The van der Waals surface area contributed by atoms with Crippen LogP contribution in [0.5, 0.6) is 0 Å². The molecule has 8 nitrogen and oxygen atoms in total. The zero-order valence-electron chi connectivity index (χ0n) is 20.8. The Morgan fingerprint density at radius 3 is 2.59 bits per heavy atom. The molecule has 0 unspecified atom stereocenters. The van der Waals surface area contributed by atoms with Gasteiger partial charge in [-0.3, -0.25) is 24.4 Å². The van der Waals surface area contributed by atoms with Crippen LogP contribution in [0.1, 0.15) is 56.0 Å². The van der Waals surface area contributed by atoms with Gasteiger partial charge in [-0.25, -0.2) is 0 Å². The van der Waals surface area contributed by atoms with Crippen molar-refractivity contribution < 1.29 is 9.59 Å². The molecule has 0 fully saturated rings. The van der Waals surface area contributed by atoms with Gasteiger partial charge in [0.15, 0.2) is 5.78 Å². The van der Waals surface area contributed by atoms with Crippen molar-refractivity contribution in [2.45, 2.75) is 20.3 Å². The SMILES string of the molecule is CCc1cc(C(=O)Nc2cc(C(=O)c3ccc4c(/C=C/c5ccccn5)n[nH]c4c3)ccc2C)n(C)n1. The van der Waals surface area contributed by atoms with E-state index in [1.807, 2.05) is 56.3 Å². The summed E-state index contributed by atoms with van der Waals surface area (Å²) >= 11 is 0. The van der Waals surface area contributed by atoms with E-state index < -0.39 is 0 Å². The maximum Gasteiger partial charge on any atom is 0.273 e. The summed E-state index contributed by atoms with van der Waals surface area (Å²) in [7, 11) is 1.74. The van der Waals surface area contributed by atoms with E-state index in [1.54, 1.807) is 48.3 Å². The summed E-state index contributed by atoms with van der Waals surface area (Å²) in [5.41, 5.74) is 6.11. The highest BCUT2D eigenvalue weighted by Gasteiger charge is 2.17. The third-order valence-corrected chi connectivity index (χ3v) is 6.23. The predicted octanol–water partition coefficient (Wildman–Crippen LogP) is 5.22. The molecule has 0 saturated carbocycles. The van der Waals surface area contributed by atoms with Gasteiger partial charge in [-0.05, 0) is 67.5 Å². The highest BCUT2D eigenvalue weighted by molar-refractivity contribution is 6.12. The number of carbonyl (C=O) groups excluding carboxylic acids is 2. The highest BCUT2D eigenvalue weighted by atomic mass is 16.2. The molecule has 0 aliphatic rings. The molecule has 3 aromatic heterocycles. The van der Waals surface area contributed by atoms with Crippen molar-refractivity contribution >= 4 is 40.4 Å². The minimum atomic E-state index is -0.271. The molecule has 184 valence electrons. The first-order valence-corrected chi connectivity index (χ1v) is 12.0. The van der Waals surface area contributed by atoms with E-state index in [1.165, 1.54) is 0 Å². The quantitative estimate of drug-likeness (QED) is 0.305. The van der Waals surface area contributed by atoms with Crippen LogP contribution >= 0.6 is 0 Å². The van der Waals surface area contributed by atoms with Crippen LogP contribution in [-0.4, -0.2) is 36.7 Å². The lowest BCUT2D eigenvalue weighted by molar-refractivity contribution is 0.101. The molecule has 0 radical (unpaired) electrons. The van der Waals surface area contributed by atoms with Crippen molar-refractivity contribution in [3.05, 3.63) is 106 Å². The normalized spacial score (nSPS) is 11.3. The lowest BCUT2D eigenvalue weighted by atomic mass is 9.99. The molecule has 2 N–H and O–H groups in total. The third-order valence-electron chi connectivity index (χ3n) is 6.23. The number of H-pyrrole nitrogens is 1. The molecule has 0 saturated heterocycles. The Bertz CT molecular complexity index is 1650. The average Bonchev–Trinajstić information content (AvgIpc) is 3.51. The lowest BCUT2D eigenvalue weighted by Crippen LogP contribution is -2.17. The van der Waals surface area contributed by atoms with E-state index in [2.05, 4.69) is 25.6 Å². The number of nitrogens with zero attached hydrogens (tertiary/aromatic N) is 4. The number of pyridine rings is 1. The summed E-state index contributed by atoms with van der Waals surface area (Å²) in [5.74, 6) is -0.418. The van der Waals surface area contributed by atoms with E-state index >= 15 is 0 Å². The monoisotopic (exact) mass is 490 g/mol. The largest absolute Gasteiger partial charge is 0.320 e. The van der Waals surface area contributed by atoms with Gasteiger partial charge in [-0.15, -0.1) is 0 Å². The first kappa shape index (κ1) is 23.9. The Balaban J connectivity index is 1.38. The standard InChI is InChI=1S/C29H26N6O2/c1-4-21-17-27(35(3)34-21)29(37)31-25-15-19(9-8-18(25)2)28(36)20-10-12-23-24(32-33-26(23)16-20)13-11-22-7-5-6-14-30-22/h5-17H,4H2,1-3H3,(H,31,37)(H,32,33)/b13-11+. The number of anilines is 1. The van der Waals surface area contributed by atoms with Crippen LogP contribution in [0, 0.1) is 6.92 Å². The van der Waals surface area contributed by atoms with Gasteiger partial charge in [0.1, 0.15) is 5.69 Å². The number of aryl methyl sites for hydroxylation is 3. The second-order valence-corrected chi connectivity index (χ2v) is 8.77. The zero-order valence-corrected chi connectivity index (χ0v) is 20.8. The average molecular weight is 491 g/mol. The molecule has 5 rings (SSSR count). The van der Waals surface area contributed by atoms with Crippen molar-refractivity contribution in [3.8, 4) is 0 Å². The topological polar surface area (TPSA) is 106 Å². The molecule has 0 aliphatic heterocycles. The number of nitrogens with one attached hydrogen (secondary N) is 2. The van der Waals surface area contributed by atoms with Crippen molar-refractivity contribution in [1.29, 1.82) is 0 Å². The van der Waals surface area contributed by atoms with Gasteiger partial charge in [0.05, 0.1) is 22.6 Å². The van der Waals surface area contributed by atoms with Crippen LogP contribution in [0.25, 0.3) is 23.1 Å². The molecular weight excluding hydrogens is 464 g/mol. The summed E-state index contributed by atoms with van der Waals surface area (Å²) in [6, 6.07) is 18.3. The lowest BCUT2D eigenvalue weighted by Gasteiger charge is -2.11. The van der Waals surface area contributed by atoms with Crippen LogP contribution in [0.3, 0.4) is 0 Å². The molecule has 1 amide bonds. The number of carbonyl (C=O) groups is 2. The minimum absolute atomic E-state index is 0.147. The van der Waals surface area contributed by atoms with Crippen LogP contribution in [0.2, 0.25) is 0 Å². The molecule has 0 atom stereocenters. The number of aromatic amines is 1. The number of amides is 1. The Morgan fingerprint density at radius 2 is 1.84 bits per heavy atom. The Hall–Kier alpha value is -4.85. The summed E-state index contributed by atoms with van der Waals surface area (Å²) in [4.78, 5) is 30.5. The number of benzene rings is 2. The molecule has 0 aliphatic carbocycles. The fraction of sp³-hybridized carbons (Fsp3) is 0.138. The van der Waals surface area contributed by atoms with Crippen LogP contribution < -0.4 is 5.32 Å². The Kier molecular flexibility index (Phi) is 6.47. The first-order chi connectivity index (χ1) is 17.9. The van der Waals surface area contributed by atoms with Crippen LogP contribution in [-0.2, 0) is 13.5 Å². The number of hydrogen-bond acceptors (Lipinski definition) is 5.